The molecule has 1 aromatic heterocycles. The van der Waals surface area contributed by atoms with Crippen molar-refractivity contribution >= 4 is 5.97 Å². The zero-order valence-corrected chi connectivity index (χ0v) is 13.4. The Bertz CT molecular complexity index is 458. The Morgan fingerprint density at radius 1 is 1.52 bits per heavy atom. The average Bonchev–Trinajstić information content (AvgIpc) is 2.95. The van der Waals surface area contributed by atoms with Crippen LogP contribution in [0.2, 0.25) is 0 Å². The molecule has 2 atom stereocenters. The van der Waals surface area contributed by atoms with E-state index >= 15 is 0 Å². The molecular weight excluding hydrogens is 266 g/mol. The summed E-state index contributed by atoms with van der Waals surface area (Å²) in [6.07, 6.45) is 5.12. The Balaban J connectivity index is 1.90. The third kappa shape index (κ3) is 4.30. The number of aromatic nitrogens is 2. The van der Waals surface area contributed by atoms with Gasteiger partial charge in [0.15, 0.2) is 0 Å². The molecule has 5 heteroatoms. The molecule has 1 aliphatic rings. The van der Waals surface area contributed by atoms with E-state index in [2.05, 4.69) is 36.1 Å². The molecule has 1 fully saturated rings. The van der Waals surface area contributed by atoms with E-state index in [4.69, 9.17) is 4.74 Å². The van der Waals surface area contributed by atoms with Crippen molar-refractivity contribution < 1.29 is 9.53 Å². The second-order valence-corrected chi connectivity index (χ2v) is 5.87. The van der Waals surface area contributed by atoms with Gasteiger partial charge in [0, 0.05) is 25.3 Å². The van der Waals surface area contributed by atoms with Crippen molar-refractivity contribution in [1.29, 1.82) is 0 Å². The highest BCUT2D eigenvalue weighted by Gasteiger charge is 2.27. The molecule has 2 rings (SSSR count). The van der Waals surface area contributed by atoms with Gasteiger partial charge in [0.1, 0.15) is 0 Å². The summed E-state index contributed by atoms with van der Waals surface area (Å²) in [5.41, 5.74) is 1.08. The van der Waals surface area contributed by atoms with E-state index in [-0.39, 0.29) is 11.9 Å². The number of carbonyl (C=O) groups is 1. The number of hydrogen-bond acceptors (Lipinski definition) is 4. The molecule has 1 aliphatic heterocycles. The van der Waals surface area contributed by atoms with E-state index in [1.807, 2.05) is 11.6 Å². The number of piperidine rings is 1. The summed E-state index contributed by atoms with van der Waals surface area (Å²) in [6, 6.07) is 2.52. The SMILES string of the molecule is CCOC(=O)[C@H]1CCCN(Cc2ccn(C(C)CC)n2)C1. The number of nitrogens with zero attached hydrogens (tertiary/aromatic N) is 3. The van der Waals surface area contributed by atoms with Crippen molar-refractivity contribution in [3.8, 4) is 0 Å². The standard InChI is InChI=1S/C16H27N3O2/c1-4-13(3)19-10-8-15(17-19)12-18-9-6-7-14(11-18)16(20)21-5-2/h8,10,13-14H,4-7,9,11-12H2,1-3H3/t13?,14-/m0/s1. The fourth-order valence-corrected chi connectivity index (χ4v) is 2.78. The Labute approximate surface area is 127 Å². The highest BCUT2D eigenvalue weighted by molar-refractivity contribution is 5.72. The van der Waals surface area contributed by atoms with Gasteiger partial charge in [-0.05, 0) is 45.7 Å². The quantitative estimate of drug-likeness (QED) is 0.757. The molecule has 0 amide bonds. The molecule has 5 nitrogen and oxygen atoms in total. The summed E-state index contributed by atoms with van der Waals surface area (Å²) >= 11 is 0. The van der Waals surface area contributed by atoms with Crippen LogP contribution in [0.1, 0.15) is 51.8 Å². The van der Waals surface area contributed by atoms with Gasteiger partial charge in [0.25, 0.3) is 0 Å². The Morgan fingerprint density at radius 2 is 2.33 bits per heavy atom. The summed E-state index contributed by atoms with van der Waals surface area (Å²) in [7, 11) is 0. The molecule has 0 saturated carbocycles. The molecule has 2 heterocycles. The molecule has 1 aromatic rings. The number of carbonyl (C=O) groups excluding carboxylic acids is 1. The Hall–Kier alpha value is -1.36. The minimum absolute atomic E-state index is 0.0235. The molecule has 0 spiro atoms. The Morgan fingerprint density at radius 3 is 3.05 bits per heavy atom. The molecule has 1 unspecified atom stereocenters. The van der Waals surface area contributed by atoms with Crippen LogP contribution in [0.25, 0.3) is 0 Å². The fourth-order valence-electron chi connectivity index (χ4n) is 2.78. The maximum Gasteiger partial charge on any atom is 0.310 e. The number of hydrogen-bond donors (Lipinski definition) is 0. The van der Waals surface area contributed by atoms with Gasteiger partial charge < -0.3 is 4.74 Å². The molecule has 21 heavy (non-hydrogen) atoms. The first-order chi connectivity index (χ1) is 10.1. The molecule has 118 valence electrons. The van der Waals surface area contributed by atoms with E-state index in [0.29, 0.717) is 12.6 Å². The normalized spacial score (nSPS) is 21.2. The van der Waals surface area contributed by atoms with Crippen LogP contribution < -0.4 is 0 Å². The van der Waals surface area contributed by atoms with Crippen LogP contribution in [-0.2, 0) is 16.1 Å². The van der Waals surface area contributed by atoms with Crippen LogP contribution in [0.3, 0.4) is 0 Å². The van der Waals surface area contributed by atoms with Crippen LogP contribution in [-0.4, -0.2) is 40.3 Å². The highest BCUT2D eigenvalue weighted by atomic mass is 16.5. The lowest BCUT2D eigenvalue weighted by Gasteiger charge is -2.30. The van der Waals surface area contributed by atoms with Gasteiger partial charge in [-0.15, -0.1) is 0 Å². The van der Waals surface area contributed by atoms with Gasteiger partial charge in [-0.2, -0.15) is 5.10 Å². The number of likely N-dealkylation sites (tertiary alicyclic amines) is 1. The van der Waals surface area contributed by atoms with Gasteiger partial charge in [-0.1, -0.05) is 6.92 Å². The van der Waals surface area contributed by atoms with Crippen LogP contribution >= 0.6 is 0 Å². The molecular formula is C16H27N3O2. The lowest BCUT2D eigenvalue weighted by Crippen LogP contribution is -2.39. The smallest absolute Gasteiger partial charge is 0.310 e. The van der Waals surface area contributed by atoms with Crippen molar-refractivity contribution in [2.45, 2.75) is 52.6 Å². The first-order valence-corrected chi connectivity index (χ1v) is 8.07. The second kappa shape index (κ2) is 7.59. The molecule has 0 bridgehead atoms. The van der Waals surface area contributed by atoms with Crippen molar-refractivity contribution in [2.24, 2.45) is 5.92 Å². The van der Waals surface area contributed by atoms with Crippen molar-refractivity contribution in [2.75, 3.05) is 19.7 Å². The predicted molar refractivity (Wildman–Crippen MR) is 81.9 cm³/mol. The van der Waals surface area contributed by atoms with Crippen LogP contribution in [0.4, 0.5) is 0 Å². The molecule has 1 saturated heterocycles. The summed E-state index contributed by atoms with van der Waals surface area (Å²) in [4.78, 5) is 14.2. The van der Waals surface area contributed by atoms with Gasteiger partial charge >= 0.3 is 5.97 Å². The summed E-state index contributed by atoms with van der Waals surface area (Å²) in [5.74, 6) is -0.0253. The minimum Gasteiger partial charge on any atom is -0.466 e. The number of ether oxygens (including phenoxy) is 1. The Kier molecular flexibility index (Phi) is 5.79. The first-order valence-electron chi connectivity index (χ1n) is 8.07. The minimum atomic E-state index is -0.0488. The van der Waals surface area contributed by atoms with E-state index < -0.39 is 0 Å². The lowest BCUT2D eigenvalue weighted by atomic mass is 9.98. The largest absolute Gasteiger partial charge is 0.466 e. The van der Waals surface area contributed by atoms with E-state index in [1.54, 1.807) is 0 Å². The zero-order chi connectivity index (χ0) is 15.2. The fraction of sp³-hybridized carbons (Fsp3) is 0.750. The third-order valence-electron chi connectivity index (χ3n) is 4.22. The van der Waals surface area contributed by atoms with E-state index in [0.717, 1.165) is 44.6 Å². The maximum absolute atomic E-state index is 11.9. The van der Waals surface area contributed by atoms with Gasteiger partial charge in [0.05, 0.1) is 18.2 Å². The van der Waals surface area contributed by atoms with E-state index in [9.17, 15) is 4.79 Å². The van der Waals surface area contributed by atoms with Gasteiger partial charge in [-0.3, -0.25) is 14.4 Å². The van der Waals surface area contributed by atoms with Gasteiger partial charge in [-0.25, -0.2) is 0 Å². The van der Waals surface area contributed by atoms with Crippen LogP contribution in [0.5, 0.6) is 0 Å². The van der Waals surface area contributed by atoms with E-state index in [1.165, 1.54) is 0 Å². The zero-order valence-electron chi connectivity index (χ0n) is 13.4. The second-order valence-electron chi connectivity index (χ2n) is 5.87. The number of rotatable bonds is 6. The summed E-state index contributed by atoms with van der Waals surface area (Å²) < 4.78 is 7.17. The molecule has 0 radical (unpaired) electrons. The number of esters is 1. The molecule has 0 N–H and O–H groups in total. The predicted octanol–water partition coefficient (Wildman–Crippen LogP) is 2.63. The van der Waals surface area contributed by atoms with Crippen molar-refractivity contribution in [1.82, 2.24) is 14.7 Å². The van der Waals surface area contributed by atoms with Crippen molar-refractivity contribution in [3.63, 3.8) is 0 Å². The topological polar surface area (TPSA) is 47.4 Å². The van der Waals surface area contributed by atoms with Crippen LogP contribution in [0.15, 0.2) is 12.3 Å². The molecule has 0 aliphatic carbocycles. The summed E-state index contributed by atoms with van der Waals surface area (Å²) in [6.45, 7) is 9.31. The first kappa shape index (κ1) is 16.0. The molecule has 0 aromatic carbocycles. The van der Waals surface area contributed by atoms with Crippen molar-refractivity contribution in [3.05, 3.63) is 18.0 Å². The average molecular weight is 293 g/mol. The van der Waals surface area contributed by atoms with Gasteiger partial charge in [0.2, 0.25) is 0 Å². The van der Waals surface area contributed by atoms with Crippen LogP contribution in [0, 0.1) is 5.92 Å². The highest BCUT2D eigenvalue weighted by Crippen LogP contribution is 2.20. The third-order valence-corrected chi connectivity index (χ3v) is 4.22. The summed E-state index contributed by atoms with van der Waals surface area (Å²) in [5, 5.41) is 4.64. The lowest BCUT2D eigenvalue weighted by molar-refractivity contribution is -0.150. The maximum atomic E-state index is 11.9. The monoisotopic (exact) mass is 293 g/mol.